The van der Waals surface area contributed by atoms with Crippen LogP contribution in [0.3, 0.4) is 0 Å². The fourth-order valence-electron chi connectivity index (χ4n) is 12.6. The average molecular weight is 704 g/mol. The van der Waals surface area contributed by atoms with Gasteiger partial charge in [-0.15, -0.1) is 0 Å². The molecule has 0 heterocycles. The van der Waals surface area contributed by atoms with Gasteiger partial charge in [-0.25, -0.2) is 0 Å². The molecule has 0 unspecified atom stereocenters. The third-order valence-corrected chi connectivity index (χ3v) is 15.0. The molecule has 0 atom stereocenters. The van der Waals surface area contributed by atoms with Crippen molar-refractivity contribution in [2.24, 2.45) is 23.7 Å². The van der Waals surface area contributed by atoms with E-state index in [1.165, 1.54) is 131 Å². The number of nitrogens with zero attached hydrogens (tertiary/aromatic N) is 1. The summed E-state index contributed by atoms with van der Waals surface area (Å²) in [6, 6.07) is 49.5. The third kappa shape index (κ3) is 5.32. The van der Waals surface area contributed by atoms with Crippen molar-refractivity contribution >= 4 is 27.8 Å². The molecule has 5 saturated carbocycles. The van der Waals surface area contributed by atoms with Crippen molar-refractivity contribution in [1.82, 2.24) is 0 Å². The maximum Gasteiger partial charge on any atom is 0.0465 e. The van der Waals surface area contributed by atoms with Crippen molar-refractivity contribution in [2.45, 2.75) is 95.3 Å². The van der Waals surface area contributed by atoms with Crippen LogP contribution in [0.2, 0.25) is 0 Å². The van der Waals surface area contributed by atoms with E-state index in [0.29, 0.717) is 5.92 Å². The zero-order chi connectivity index (χ0) is 36.0. The van der Waals surface area contributed by atoms with Gasteiger partial charge in [0.25, 0.3) is 0 Å². The molecule has 0 amide bonds. The molecule has 12 rings (SSSR count). The van der Waals surface area contributed by atoms with Crippen molar-refractivity contribution in [3.63, 3.8) is 0 Å². The minimum Gasteiger partial charge on any atom is -0.310 e. The Bertz CT molecular complexity index is 2320. The summed E-state index contributed by atoms with van der Waals surface area (Å²) in [5, 5.41) is 2.60. The van der Waals surface area contributed by atoms with E-state index in [2.05, 4.69) is 146 Å². The molecular formula is C53H53N. The number of hydrogen-bond acceptors (Lipinski definition) is 1. The van der Waals surface area contributed by atoms with Gasteiger partial charge in [-0.05, 0) is 178 Å². The Labute approximate surface area is 322 Å². The molecule has 0 aromatic heterocycles. The topological polar surface area (TPSA) is 3.24 Å². The molecule has 0 radical (unpaired) electrons. The molecule has 54 heavy (non-hydrogen) atoms. The normalized spacial score (nSPS) is 25.1. The Kier molecular flexibility index (Phi) is 7.73. The molecule has 1 heteroatoms. The number of fused-ring (bicyclic) bond motifs is 4. The maximum absolute atomic E-state index is 2.53. The lowest BCUT2D eigenvalue weighted by atomic mass is 9.51. The molecule has 0 N–H and O–H groups in total. The molecule has 0 saturated heterocycles. The molecule has 270 valence electrons. The second kappa shape index (κ2) is 12.7. The Hall–Kier alpha value is -4.62. The summed E-state index contributed by atoms with van der Waals surface area (Å²) in [4.78, 5) is 2.53. The van der Waals surface area contributed by atoms with Gasteiger partial charge in [-0.3, -0.25) is 0 Å². The highest BCUT2D eigenvalue weighted by atomic mass is 15.1. The molecule has 5 fully saturated rings. The van der Waals surface area contributed by atoms with Crippen LogP contribution in [0.4, 0.5) is 17.1 Å². The highest BCUT2D eigenvalue weighted by molar-refractivity contribution is 5.98. The first-order valence-corrected chi connectivity index (χ1v) is 21.3. The first-order chi connectivity index (χ1) is 26.5. The molecule has 6 aromatic carbocycles. The standard InChI is InChI=1S/C53H53N/c1-53(2)50-26-19-40(47-14-8-12-38-11-6-7-13-46(38)47)32-49(50)48-25-24-45(33-51(48)53)54(43-20-15-37(16-21-43)36-9-4-3-5-10-36)44-22-17-39(18-23-44)52-41-28-34-27-35(30-41)31-42(52)29-34/h6-8,11-26,32-36,41-42,52H,3-5,9-10,27-31H2,1-2H3. The predicted octanol–water partition coefficient (Wildman–Crippen LogP) is 14.9. The zero-order valence-corrected chi connectivity index (χ0v) is 32.1. The van der Waals surface area contributed by atoms with Crippen molar-refractivity contribution < 1.29 is 0 Å². The van der Waals surface area contributed by atoms with E-state index in [0.717, 1.165) is 29.6 Å². The fourth-order valence-corrected chi connectivity index (χ4v) is 12.6. The average Bonchev–Trinajstić information content (AvgIpc) is 3.43. The van der Waals surface area contributed by atoms with Gasteiger partial charge in [0.15, 0.2) is 0 Å². The van der Waals surface area contributed by atoms with Crippen molar-refractivity contribution in [1.29, 1.82) is 0 Å². The van der Waals surface area contributed by atoms with Gasteiger partial charge < -0.3 is 4.90 Å². The Morgan fingerprint density at radius 1 is 0.500 bits per heavy atom. The molecule has 0 aliphatic heterocycles. The van der Waals surface area contributed by atoms with Crippen molar-refractivity contribution in [2.75, 3.05) is 4.90 Å². The van der Waals surface area contributed by atoms with Crippen LogP contribution in [0.1, 0.15) is 112 Å². The smallest absolute Gasteiger partial charge is 0.0465 e. The van der Waals surface area contributed by atoms with E-state index >= 15 is 0 Å². The van der Waals surface area contributed by atoms with E-state index in [-0.39, 0.29) is 5.41 Å². The summed E-state index contributed by atoms with van der Waals surface area (Å²) in [5.41, 5.74) is 14.9. The summed E-state index contributed by atoms with van der Waals surface area (Å²) in [6.07, 6.45) is 14.2. The summed E-state index contributed by atoms with van der Waals surface area (Å²) < 4.78 is 0. The van der Waals surface area contributed by atoms with Gasteiger partial charge >= 0.3 is 0 Å². The first kappa shape index (κ1) is 32.8. The monoisotopic (exact) mass is 703 g/mol. The SMILES string of the molecule is CC1(C)c2ccc(-c3cccc4ccccc34)cc2-c2ccc(N(c3ccc(C4CCCCC4)cc3)c3ccc(C4C5CC6CC(C5)CC4C6)cc3)cc21. The Balaban J connectivity index is 0.981. The van der Waals surface area contributed by atoms with Crippen LogP contribution >= 0.6 is 0 Å². The van der Waals surface area contributed by atoms with Crippen molar-refractivity contribution in [3.8, 4) is 22.3 Å². The molecule has 6 aromatic rings. The van der Waals surface area contributed by atoms with Crippen molar-refractivity contribution in [3.05, 3.63) is 150 Å². The van der Waals surface area contributed by atoms with E-state index in [4.69, 9.17) is 0 Å². The minimum absolute atomic E-state index is 0.0994. The van der Waals surface area contributed by atoms with Gasteiger partial charge in [0.05, 0.1) is 0 Å². The van der Waals surface area contributed by atoms with E-state index in [1.54, 1.807) is 5.56 Å². The lowest BCUT2D eigenvalue weighted by molar-refractivity contribution is -0.00277. The Morgan fingerprint density at radius 3 is 1.87 bits per heavy atom. The molecule has 6 aliphatic rings. The van der Waals surface area contributed by atoms with Gasteiger partial charge in [-0.2, -0.15) is 0 Å². The highest BCUT2D eigenvalue weighted by Gasteiger charge is 2.48. The van der Waals surface area contributed by atoms with E-state index < -0.39 is 0 Å². The van der Waals surface area contributed by atoms with Crippen LogP contribution < -0.4 is 4.90 Å². The highest BCUT2D eigenvalue weighted by Crippen LogP contribution is 2.60. The third-order valence-electron chi connectivity index (χ3n) is 15.0. The molecule has 6 aliphatic carbocycles. The zero-order valence-electron chi connectivity index (χ0n) is 32.1. The molecular weight excluding hydrogens is 651 g/mol. The number of rotatable bonds is 6. The fraction of sp³-hybridized carbons (Fsp3) is 0.358. The molecule has 0 spiro atoms. The number of hydrogen-bond donors (Lipinski definition) is 0. The molecule has 1 nitrogen and oxygen atoms in total. The second-order valence-electron chi connectivity index (χ2n) is 18.5. The van der Waals surface area contributed by atoms with Crippen LogP contribution in [-0.2, 0) is 5.41 Å². The maximum atomic E-state index is 2.53. The summed E-state index contributed by atoms with van der Waals surface area (Å²) in [6.45, 7) is 4.84. The van der Waals surface area contributed by atoms with E-state index in [1.807, 2.05) is 0 Å². The summed E-state index contributed by atoms with van der Waals surface area (Å²) in [7, 11) is 0. The quantitative estimate of drug-likeness (QED) is 0.167. The van der Waals surface area contributed by atoms with Gasteiger partial charge in [0.1, 0.15) is 0 Å². The van der Waals surface area contributed by atoms with Gasteiger partial charge in [-0.1, -0.05) is 118 Å². The van der Waals surface area contributed by atoms with Crippen LogP contribution in [0.15, 0.2) is 127 Å². The van der Waals surface area contributed by atoms with Crippen LogP contribution in [0.25, 0.3) is 33.0 Å². The second-order valence-corrected chi connectivity index (χ2v) is 18.5. The van der Waals surface area contributed by atoms with Gasteiger partial charge in [0.2, 0.25) is 0 Å². The minimum atomic E-state index is -0.0994. The van der Waals surface area contributed by atoms with Crippen LogP contribution in [-0.4, -0.2) is 0 Å². The summed E-state index contributed by atoms with van der Waals surface area (Å²) in [5.74, 6) is 5.28. The number of benzene rings is 6. The lowest BCUT2D eigenvalue weighted by Crippen LogP contribution is -2.43. The first-order valence-electron chi connectivity index (χ1n) is 21.3. The predicted molar refractivity (Wildman–Crippen MR) is 227 cm³/mol. The summed E-state index contributed by atoms with van der Waals surface area (Å²) >= 11 is 0. The van der Waals surface area contributed by atoms with Crippen LogP contribution in [0.5, 0.6) is 0 Å². The Morgan fingerprint density at radius 2 is 1.15 bits per heavy atom. The van der Waals surface area contributed by atoms with Crippen LogP contribution in [0, 0.1) is 23.7 Å². The van der Waals surface area contributed by atoms with E-state index in [9.17, 15) is 0 Å². The van der Waals surface area contributed by atoms with Gasteiger partial charge in [0, 0.05) is 22.5 Å². The number of anilines is 3. The molecule has 4 bridgehead atoms. The lowest BCUT2D eigenvalue weighted by Gasteiger charge is -2.54. The largest absolute Gasteiger partial charge is 0.310 e.